The Morgan fingerprint density at radius 3 is 2.44 bits per heavy atom. The SMILES string of the molecule is CNS(=O)(=O)N(C)/N=C(/Cl)c1ccccc1. The molecule has 0 aromatic heterocycles. The lowest BCUT2D eigenvalue weighted by atomic mass is 10.2. The minimum atomic E-state index is -3.59. The third kappa shape index (κ3) is 3.19. The Morgan fingerprint density at radius 2 is 1.94 bits per heavy atom. The van der Waals surface area contributed by atoms with Crippen molar-refractivity contribution in [2.75, 3.05) is 14.1 Å². The lowest BCUT2D eigenvalue weighted by Gasteiger charge is -2.12. The topological polar surface area (TPSA) is 61.8 Å². The van der Waals surface area contributed by atoms with Gasteiger partial charge in [0, 0.05) is 19.7 Å². The van der Waals surface area contributed by atoms with Crippen molar-refractivity contribution in [2.45, 2.75) is 0 Å². The summed E-state index contributed by atoms with van der Waals surface area (Å²) in [5, 5.41) is 3.87. The zero-order chi connectivity index (χ0) is 12.2. The van der Waals surface area contributed by atoms with E-state index in [-0.39, 0.29) is 5.17 Å². The van der Waals surface area contributed by atoms with Gasteiger partial charge in [0.05, 0.1) is 0 Å². The molecule has 0 bridgehead atoms. The van der Waals surface area contributed by atoms with Gasteiger partial charge < -0.3 is 0 Å². The zero-order valence-corrected chi connectivity index (χ0v) is 10.5. The second-order valence-electron chi connectivity index (χ2n) is 2.90. The summed E-state index contributed by atoms with van der Waals surface area (Å²) >= 11 is 5.88. The largest absolute Gasteiger partial charge is 0.315 e. The molecule has 0 aliphatic rings. The molecule has 1 aromatic carbocycles. The number of rotatable bonds is 4. The van der Waals surface area contributed by atoms with E-state index in [0.29, 0.717) is 5.56 Å². The van der Waals surface area contributed by atoms with E-state index in [1.165, 1.54) is 14.1 Å². The first kappa shape index (κ1) is 13.0. The maximum absolute atomic E-state index is 11.3. The first-order valence-corrected chi connectivity index (χ1v) is 6.26. The number of hydrogen-bond donors (Lipinski definition) is 1. The molecule has 1 aromatic rings. The van der Waals surface area contributed by atoms with Gasteiger partial charge in [-0.15, -0.1) is 5.10 Å². The Bertz CT molecular complexity index is 473. The molecule has 0 spiro atoms. The Morgan fingerprint density at radius 1 is 1.38 bits per heavy atom. The van der Waals surface area contributed by atoms with Gasteiger partial charge >= 0.3 is 10.2 Å². The molecule has 0 atom stereocenters. The molecule has 88 valence electrons. The van der Waals surface area contributed by atoms with Gasteiger partial charge in [-0.1, -0.05) is 41.9 Å². The monoisotopic (exact) mass is 261 g/mol. The fourth-order valence-electron chi connectivity index (χ4n) is 0.943. The molecule has 0 amide bonds. The summed E-state index contributed by atoms with van der Waals surface area (Å²) in [4.78, 5) is 0. The first-order valence-electron chi connectivity index (χ1n) is 4.44. The Balaban J connectivity index is 2.95. The van der Waals surface area contributed by atoms with Crippen molar-refractivity contribution in [1.82, 2.24) is 9.14 Å². The Hall–Kier alpha value is -1.11. The van der Waals surface area contributed by atoms with Crippen LogP contribution in [0.3, 0.4) is 0 Å². The van der Waals surface area contributed by atoms with Crippen molar-refractivity contribution < 1.29 is 8.42 Å². The van der Waals surface area contributed by atoms with Gasteiger partial charge in [0.25, 0.3) is 0 Å². The third-order valence-electron chi connectivity index (χ3n) is 1.85. The van der Waals surface area contributed by atoms with Crippen LogP contribution in [0.15, 0.2) is 35.4 Å². The average molecular weight is 262 g/mol. The highest BCUT2D eigenvalue weighted by molar-refractivity contribution is 7.87. The highest BCUT2D eigenvalue weighted by Gasteiger charge is 2.13. The van der Waals surface area contributed by atoms with E-state index >= 15 is 0 Å². The molecule has 0 fully saturated rings. The summed E-state index contributed by atoms with van der Waals surface area (Å²) in [6.45, 7) is 0. The van der Waals surface area contributed by atoms with Gasteiger partial charge in [0.2, 0.25) is 0 Å². The molecular formula is C9H12ClN3O2S. The van der Waals surface area contributed by atoms with Crippen LogP contribution in [0.5, 0.6) is 0 Å². The van der Waals surface area contributed by atoms with Gasteiger partial charge in [-0.25, -0.2) is 0 Å². The summed E-state index contributed by atoms with van der Waals surface area (Å²) in [7, 11) is -0.984. The predicted molar refractivity (Wildman–Crippen MR) is 64.6 cm³/mol. The number of hydrazone groups is 1. The van der Waals surface area contributed by atoms with E-state index in [1.807, 2.05) is 6.07 Å². The third-order valence-corrected chi connectivity index (χ3v) is 3.43. The van der Waals surface area contributed by atoms with E-state index in [0.717, 1.165) is 4.41 Å². The summed E-state index contributed by atoms with van der Waals surface area (Å²) < 4.78 is 25.5. The summed E-state index contributed by atoms with van der Waals surface area (Å²) in [5.41, 5.74) is 0.655. The lowest BCUT2D eigenvalue weighted by Crippen LogP contribution is -2.32. The van der Waals surface area contributed by atoms with E-state index in [1.54, 1.807) is 24.3 Å². The van der Waals surface area contributed by atoms with Gasteiger partial charge in [-0.05, 0) is 0 Å². The van der Waals surface area contributed by atoms with Crippen LogP contribution >= 0.6 is 11.6 Å². The lowest BCUT2D eigenvalue weighted by molar-refractivity contribution is 0.482. The van der Waals surface area contributed by atoms with Gasteiger partial charge in [0.15, 0.2) is 5.17 Å². The number of nitrogens with zero attached hydrogens (tertiary/aromatic N) is 2. The highest BCUT2D eigenvalue weighted by atomic mass is 35.5. The zero-order valence-electron chi connectivity index (χ0n) is 8.88. The standard InChI is InChI=1S/C9H12ClN3O2S/c1-11-16(14,15)13(2)12-9(10)8-6-4-3-5-7-8/h3-7,11H,1-2H3/b12-9+. The van der Waals surface area contributed by atoms with Gasteiger partial charge in [-0.3, -0.25) is 0 Å². The van der Waals surface area contributed by atoms with E-state index in [4.69, 9.17) is 11.6 Å². The summed E-state index contributed by atoms with van der Waals surface area (Å²) in [6.07, 6.45) is 0. The molecular weight excluding hydrogens is 250 g/mol. The van der Waals surface area contributed by atoms with Gasteiger partial charge in [0.1, 0.15) is 0 Å². The van der Waals surface area contributed by atoms with Crippen LogP contribution in [0.2, 0.25) is 0 Å². The highest BCUT2D eigenvalue weighted by Crippen LogP contribution is 2.06. The molecule has 0 radical (unpaired) electrons. The smallest absolute Gasteiger partial charge is 0.200 e. The number of nitrogens with one attached hydrogen (secondary N) is 1. The second-order valence-corrected chi connectivity index (χ2v) is 5.15. The normalized spacial score (nSPS) is 12.6. The number of hydrogen-bond acceptors (Lipinski definition) is 3. The number of benzene rings is 1. The quantitative estimate of drug-likeness (QED) is 0.649. The van der Waals surface area contributed by atoms with Crippen molar-refractivity contribution in [1.29, 1.82) is 0 Å². The van der Waals surface area contributed by atoms with Crippen molar-refractivity contribution >= 4 is 27.0 Å². The van der Waals surface area contributed by atoms with Crippen molar-refractivity contribution in [3.8, 4) is 0 Å². The fourth-order valence-corrected chi connectivity index (χ4v) is 1.68. The Kier molecular flexibility index (Phi) is 4.28. The van der Waals surface area contributed by atoms with Crippen LogP contribution in [0, 0.1) is 0 Å². The molecule has 5 nitrogen and oxygen atoms in total. The van der Waals surface area contributed by atoms with Crippen molar-refractivity contribution in [2.24, 2.45) is 5.10 Å². The molecule has 7 heteroatoms. The van der Waals surface area contributed by atoms with Crippen LogP contribution in [0.4, 0.5) is 0 Å². The summed E-state index contributed by atoms with van der Waals surface area (Å²) in [5.74, 6) is 0. The fraction of sp³-hybridized carbons (Fsp3) is 0.222. The van der Waals surface area contributed by atoms with Crippen LogP contribution in [-0.2, 0) is 10.2 Å². The second kappa shape index (κ2) is 5.29. The van der Waals surface area contributed by atoms with Crippen molar-refractivity contribution in [3.05, 3.63) is 35.9 Å². The molecule has 1 N–H and O–H groups in total. The molecule has 0 aliphatic carbocycles. The Labute approximate surface area is 99.9 Å². The first-order chi connectivity index (χ1) is 7.47. The minimum Gasteiger partial charge on any atom is -0.200 e. The molecule has 0 saturated carbocycles. The molecule has 0 heterocycles. The van der Waals surface area contributed by atoms with Crippen LogP contribution in [0.1, 0.15) is 5.56 Å². The predicted octanol–water partition coefficient (Wildman–Crippen LogP) is 0.983. The molecule has 0 saturated heterocycles. The maximum Gasteiger partial charge on any atom is 0.315 e. The molecule has 1 rings (SSSR count). The number of halogens is 1. The van der Waals surface area contributed by atoms with E-state index in [2.05, 4.69) is 9.82 Å². The van der Waals surface area contributed by atoms with E-state index < -0.39 is 10.2 Å². The van der Waals surface area contributed by atoms with Crippen LogP contribution in [0.25, 0.3) is 0 Å². The summed E-state index contributed by atoms with van der Waals surface area (Å²) in [6, 6.07) is 8.90. The molecule has 0 unspecified atom stereocenters. The minimum absolute atomic E-state index is 0.113. The van der Waals surface area contributed by atoms with Gasteiger partial charge in [-0.2, -0.15) is 17.6 Å². The maximum atomic E-state index is 11.3. The molecule has 16 heavy (non-hydrogen) atoms. The average Bonchev–Trinajstić information content (AvgIpc) is 2.30. The van der Waals surface area contributed by atoms with Crippen molar-refractivity contribution in [3.63, 3.8) is 0 Å². The molecule has 0 aliphatic heterocycles. The van der Waals surface area contributed by atoms with E-state index in [9.17, 15) is 8.42 Å². The van der Waals surface area contributed by atoms with Crippen LogP contribution in [-0.4, -0.2) is 32.1 Å². The van der Waals surface area contributed by atoms with Crippen LogP contribution < -0.4 is 4.72 Å².